The average molecular weight is 178 g/mol. The Morgan fingerprint density at radius 3 is 1.11 bits per heavy atom. The number of rotatable bonds is 1. The molecule has 3 nitrogen and oxygen atoms in total. The quantitative estimate of drug-likeness (QED) is 0.295. The molecule has 0 aliphatic rings. The van der Waals surface area contributed by atoms with Crippen molar-refractivity contribution in [3.8, 4) is 0 Å². The third kappa shape index (κ3) is 24.6. The minimum Gasteiger partial charge on any atom is 1.00 e. The molecule has 0 N–H and O–H groups in total. The summed E-state index contributed by atoms with van der Waals surface area (Å²) in [5.41, 5.74) is 0. The van der Waals surface area contributed by atoms with Crippen LogP contribution in [0.2, 0.25) is 0 Å². The number of hydrogen-bond donors (Lipinski definition) is 0. The molecule has 0 saturated heterocycles. The molecule has 0 spiro atoms. The van der Waals surface area contributed by atoms with Gasteiger partial charge in [0.25, 0.3) is 0 Å². The molecule has 0 atom stereocenters. The third-order valence-corrected chi connectivity index (χ3v) is 1.30. The van der Waals surface area contributed by atoms with Gasteiger partial charge in [0.05, 0.1) is 0 Å². The summed E-state index contributed by atoms with van der Waals surface area (Å²) >= 11 is 0. The standard InChI is InChI=1S/C2H6O3P.3Na/c1-2-6(3,4)5;;;/h6H,2H2,1H3;;;/q-3;3*+1. The second-order valence-electron chi connectivity index (χ2n) is 1.04. The summed E-state index contributed by atoms with van der Waals surface area (Å²) in [6.45, 7) is 1.33. The van der Waals surface area contributed by atoms with E-state index in [0.717, 1.165) is 0 Å². The Morgan fingerprint density at radius 2 is 1.11 bits per heavy atom. The van der Waals surface area contributed by atoms with Crippen molar-refractivity contribution in [2.24, 2.45) is 0 Å². The van der Waals surface area contributed by atoms with E-state index in [1.165, 1.54) is 6.92 Å². The zero-order valence-corrected chi connectivity index (χ0v) is 13.4. The summed E-state index contributed by atoms with van der Waals surface area (Å²) in [5, 5.41) is 0. The zero-order chi connectivity index (χ0) is 5.21. The van der Waals surface area contributed by atoms with Crippen molar-refractivity contribution in [1.29, 1.82) is 0 Å². The van der Waals surface area contributed by atoms with Gasteiger partial charge in [0.1, 0.15) is 0 Å². The van der Waals surface area contributed by atoms with Crippen LogP contribution in [0.15, 0.2) is 0 Å². The van der Waals surface area contributed by atoms with Gasteiger partial charge in [-0.2, -0.15) is 0 Å². The first-order chi connectivity index (χ1) is 2.56. The maximum absolute atomic E-state index is 9.50. The van der Waals surface area contributed by atoms with E-state index in [9.17, 15) is 14.7 Å². The van der Waals surface area contributed by atoms with Gasteiger partial charge in [-0.05, 0) is 0 Å². The van der Waals surface area contributed by atoms with E-state index >= 15 is 0 Å². The average Bonchev–Trinajstić information content (AvgIpc) is 1.35. The Kier molecular flexibility index (Phi) is 28.7. The molecule has 0 radical (unpaired) electrons. The van der Waals surface area contributed by atoms with Crippen LogP contribution in [0.4, 0.5) is 0 Å². The van der Waals surface area contributed by atoms with Gasteiger partial charge in [0.15, 0.2) is 0 Å². The summed E-state index contributed by atoms with van der Waals surface area (Å²) in [4.78, 5) is 28.5. The molecule has 0 heterocycles. The molecule has 0 aromatic carbocycles. The van der Waals surface area contributed by atoms with E-state index in [-0.39, 0.29) is 94.8 Å². The van der Waals surface area contributed by atoms with Crippen LogP contribution in [0.1, 0.15) is 6.92 Å². The van der Waals surface area contributed by atoms with Crippen molar-refractivity contribution < 1.29 is 103 Å². The molecule has 0 fully saturated rings. The van der Waals surface area contributed by atoms with E-state index in [2.05, 4.69) is 0 Å². The zero-order valence-electron chi connectivity index (χ0n) is 6.43. The fraction of sp³-hybridized carbons (Fsp3) is 1.00. The van der Waals surface area contributed by atoms with Gasteiger partial charge in [-0.25, -0.2) is 0 Å². The molecule has 0 aromatic heterocycles. The van der Waals surface area contributed by atoms with E-state index < -0.39 is 7.94 Å². The van der Waals surface area contributed by atoms with Gasteiger partial charge in [-0.3, -0.25) is 0 Å². The van der Waals surface area contributed by atoms with Crippen LogP contribution < -0.4 is 103 Å². The first kappa shape index (κ1) is 22.8. The molecule has 0 rings (SSSR count). The summed E-state index contributed by atoms with van der Waals surface area (Å²) in [6.07, 6.45) is -0.257. The Balaban J connectivity index is -0.0000000417. The van der Waals surface area contributed by atoms with Crippen molar-refractivity contribution in [2.75, 3.05) is 6.16 Å². The Morgan fingerprint density at radius 1 is 1.00 bits per heavy atom. The second-order valence-corrected chi connectivity index (χ2v) is 3.11. The molecule has 0 aromatic rings. The first-order valence-corrected chi connectivity index (χ1v) is 3.60. The summed E-state index contributed by atoms with van der Waals surface area (Å²) in [7, 11) is -4.38. The molecular weight excluding hydrogens is 172 g/mol. The molecule has 0 bridgehead atoms. The predicted molar refractivity (Wildman–Crippen MR) is 18.9 cm³/mol. The van der Waals surface area contributed by atoms with Gasteiger partial charge >= 0.3 is 124 Å². The molecule has 0 aliphatic carbocycles. The van der Waals surface area contributed by atoms with Gasteiger partial charge in [0, 0.05) is 0 Å². The van der Waals surface area contributed by atoms with Crippen LogP contribution in [0.5, 0.6) is 0 Å². The maximum Gasteiger partial charge on any atom is 1.00 e. The molecule has 9 heavy (non-hydrogen) atoms. The van der Waals surface area contributed by atoms with Crippen LogP contribution >= 0.6 is 7.94 Å². The predicted octanol–water partition coefficient (Wildman–Crippen LogP) is -11.4. The number of hydrogen-bond acceptors (Lipinski definition) is 3. The van der Waals surface area contributed by atoms with E-state index in [1.807, 2.05) is 0 Å². The van der Waals surface area contributed by atoms with Gasteiger partial charge in [-0.15, -0.1) is 0 Å². The third-order valence-electron chi connectivity index (χ3n) is 0.433. The topological polar surface area (TPSA) is 69.2 Å². The molecule has 7 heteroatoms. The monoisotopic (exact) mass is 178 g/mol. The van der Waals surface area contributed by atoms with Crippen molar-refractivity contribution >= 4 is 7.94 Å². The minimum atomic E-state index is -4.38. The van der Waals surface area contributed by atoms with E-state index in [4.69, 9.17) is 0 Å². The fourth-order valence-electron chi connectivity index (χ4n) is 0. The molecule has 0 unspecified atom stereocenters. The minimum absolute atomic E-state index is 0. The second kappa shape index (κ2) is 11.3. The first-order valence-electron chi connectivity index (χ1n) is 1.67. The summed E-state index contributed by atoms with van der Waals surface area (Å²) in [5.74, 6) is 0. The molecule has 40 valence electrons. The Labute approximate surface area is 122 Å². The van der Waals surface area contributed by atoms with Crippen molar-refractivity contribution in [2.45, 2.75) is 6.92 Å². The van der Waals surface area contributed by atoms with Crippen molar-refractivity contribution in [3.05, 3.63) is 0 Å². The fourth-order valence-corrected chi connectivity index (χ4v) is 0. The van der Waals surface area contributed by atoms with Crippen LogP contribution in [-0.4, -0.2) is 6.16 Å². The van der Waals surface area contributed by atoms with Crippen LogP contribution in [-0.2, 0) is 0 Å². The molecule has 0 saturated carbocycles. The van der Waals surface area contributed by atoms with Gasteiger partial charge in [-0.1, -0.05) is 0 Å². The maximum atomic E-state index is 9.50. The van der Waals surface area contributed by atoms with Gasteiger partial charge in [0.2, 0.25) is 0 Å². The van der Waals surface area contributed by atoms with Gasteiger partial charge < -0.3 is 0 Å². The Bertz CT molecular complexity index is 46.8. The smallest absolute Gasteiger partial charge is 1.00 e. The summed E-state index contributed by atoms with van der Waals surface area (Å²) < 4.78 is 0. The van der Waals surface area contributed by atoms with E-state index in [1.54, 1.807) is 0 Å². The van der Waals surface area contributed by atoms with E-state index in [0.29, 0.717) is 0 Å². The molecule has 0 amide bonds. The summed E-state index contributed by atoms with van der Waals surface area (Å²) in [6, 6.07) is 0. The van der Waals surface area contributed by atoms with Crippen LogP contribution in [0.3, 0.4) is 0 Å². The van der Waals surface area contributed by atoms with Crippen molar-refractivity contribution in [3.63, 3.8) is 0 Å². The van der Waals surface area contributed by atoms with Crippen molar-refractivity contribution in [1.82, 2.24) is 0 Å². The molecule has 0 aliphatic heterocycles. The van der Waals surface area contributed by atoms with Crippen LogP contribution in [0.25, 0.3) is 0 Å². The SMILES string of the molecule is CC[PH]([O-])([O-])[O-].[Na+].[Na+].[Na+]. The Hall–Kier alpha value is 3.31. The molecular formula is C2H6Na3O3P. The normalized spacial score (nSPS) is 9.78. The van der Waals surface area contributed by atoms with Crippen LogP contribution in [0, 0.1) is 0 Å². The largest absolute Gasteiger partial charge is 1.00 e.